The number of likely N-dealkylation sites (N-methyl/N-ethyl adjacent to an activating group) is 1. The fraction of sp³-hybridized carbons (Fsp3) is 0.375. The molecule has 2 aromatic carbocycles. The summed E-state index contributed by atoms with van der Waals surface area (Å²) in [6.45, 7) is 0.908. The average molecular weight is 506 g/mol. The number of aliphatic hydroxyl groups is 2. The second kappa shape index (κ2) is 9.37. The summed E-state index contributed by atoms with van der Waals surface area (Å²) in [5.74, 6) is 1.07. The van der Waals surface area contributed by atoms with Crippen LogP contribution in [-0.2, 0) is 16.0 Å². The molecular formula is C24H25Cl2N3O5. The van der Waals surface area contributed by atoms with Gasteiger partial charge in [-0.05, 0) is 36.9 Å². The summed E-state index contributed by atoms with van der Waals surface area (Å²) in [6, 6.07) is 10.6. The van der Waals surface area contributed by atoms with E-state index in [9.17, 15) is 10.2 Å². The van der Waals surface area contributed by atoms with Gasteiger partial charge in [0.25, 0.3) is 0 Å². The van der Waals surface area contributed by atoms with E-state index in [1.165, 1.54) is 0 Å². The lowest BCUT2D eigenvalue weighted by Crippen LogP contribution is -2.58. The number of hydrogen-bond acceptors (Lipinski definition) is 7. The number of aliphatic hydroxyl groups excluding tert-OH is 2. The number of nitrogens with one attached hydrogen (secondary N) is 1. The highest BCUT2D eigenvalue weighted by atomic mass is 35.5. The molecule has 34 heavy (non-hydrogen) atoms. The van der Waals surface area contributed by atoms with Gasteiger partial charge < -0.3 is 34.3 Å². The van der Waals surface area contributed by atoms with Crippen LogP contribution in [-0.4, -0.2) is 72.0 Å². The van der Waals surface area contributed by atoms with Crippen LogP contribution >= 0.6 is 23.2 Å². The lowest BCUT2D eigenvalue weighted by atomic mass is 9.97. The number of aromatic nitrogens is 1. The second-order valence-corrected chi connectivity index (χ2v) is 9.24. The van der Waals surface area contributed by atoms with E-state index in [1.54, 1.807) is 20.2 Å². The van der Waals surface area contributed by atoms with Crippen molar-refractivity contribution in [1.82, 2.24) is 9.88 Å². The summed E-state index contributed by atoms with van der Waals surface area (Å²) in [5, 5.41) is 25.9. The third kappa shape index (κ3) is 4.15. The maximum atomic E-state index is 10.6. The Morgan fingerprint density at radius 1 is 1.12 bits per heavy atom. The van der Waals surface area contributed by atoms with Crippen LogP contribution in [0.25, 0.3) is 10.9 Å². The summed E-state index contributed by atoms with van der Waals surface area (Å²) in [5.41, 5.74) is 2.64. The van der Waals surface area contributed by atoms with Gasteiger partial charge in [0.05, 0.1) is 28.2 Å². The maximum Gasteiger partial charge on any atom is 0.227 e. The van der Waals surface area contributed by atoms with Gasteiger partial charge in [0.15, 0.2) is 0 Å². The zero-order valence-electron chi connectivity index (χ0n) is 18.6. The first-order valence-electron chi connectivity index (χ1n) is 10.9. The van der Waals surface area contributed by atoms with Gasteiger partial charge >= 0.3 is 0 Å². The van der Waals surface area contributed by atoms with Crippen LogP contribution in [0.2, 0.25) is 10.0 Å². The Morgan fingerprint density at radius 3 is 2.68 bits per heavy atom. The SMILES string of the molecule is CNC[C@H]1O[C@@H]2OC(c3cn(Cc4ccc(Cl)c(Cl)c4)c4cc(OC)ccc34)=N[C@@H]2C(O)[C@@H]1O. The van der Waals surface area contributed by atoms with Crippen LogP contribution < -0.4 is 10.1 Å². The Labute approximate surface area is 206 Å². The standard InChI is InChI=1S/C24H25Cl2N3O5/c1-27-9-19-21(30)22(31)20-24(33-19)34-23(28-20)15-11-29(10-12-3-6-16(25)17(26)7-12)18-8-13(32-2)4-5-14(15)18/h3-8,11,19-22,24,27,30-31H,9-10H2,1-2H3/t19-,20-,21-,22?,24-/m1/s1. The van der Waals surface area contributed by atoms with Crippen molar-refractivity contribution < 1.29 is 24.4 Å². The molecule has 8 nitrogen and oxygen atoms in total. The molecule has 0 bridgehead atoms. The van der Waals surface area contributed by atoms with Crippen LogP contribution in [0, 0.1) is 0 Å². The Kier molecular flexibility index (Phi) is 6.45. The molecule has 5 rings (SSSR count). The summed E-state index contributed by atoms with van der Waals surface area (Å²) < 4.78 is 19.4. The molecule has 1 unspecified atom stereocenters. The van der Waals surface area contributed by atoms with E-state index >= 15 is 0 Å². The molecule has 0 saturated carbocycles. The normalized spacial score (nSPS) is 26.3. The molecule has 3 heterocycles. The molecule has 3 aromatic rings. The van der Waals surface area contributed by atoms with Crippen molar-refractivity contribution in [2.24, 2.45) is 4.99 Å². The second-order valence-electron chi connectivity index (χ2n) is 8.43. The van der Waals surface area contributed by atoms with E-state index in [-0.39, 0.29) is 0 Å². The zero-order chi connectivity index (χ0) is 24.0. The quantitative estimate of drug-likeness (QED) is 0.476. The topological polar surface area (TPSA) is 97.5 Å². The van der Waals surface area contributed by atoms with Crippen LogP contribution in [0.5, 0.6) is 5.75 Å². The number of benzene rings is 2. The first-order valence-corrected chi connectivity index (χ1v) is 11.7. The van der Waals surface area contributed by atoms with Gasteiger partial charge in [-0.2, -0.15) is 0 Å². The van der Waals surface area contributed by atoms with Gasteiger partial charge in [-0.25, -0.2) is 4.99 Å². The van der Waals surface area contributed by atoms with Crippen LogP contribution in [0.15, 0.2) is 47.6 Å². The van der Waals surface area contributed by atoms with Crippen molar-refractivity contribution in [1.29, 1.82) is 0 Å². The molecule has 180 valence electrons. The Balaban J connectivity index is 1.52. The molecule has 3 N–H and O–H groups in total. The van der Waals surface area contributed by atoms with Gasteiger partial charge in [0, 0.05) is 30.7 Å². The van der Waals surface area contributed by atoms with Crippen LogP contribution in [0.4, 0.5) is 0 Å². The molecule has 0 spiro atoms. The van der Waals surface area contributed by atoms with Gasteiger partial charge in [0.2, 0.25) is 12.2 Å². The molecule has 5 atom stereocenters. The molecule has 0 aliphatic carbocycles. The summed E-state index contributed by atoms with van der Waals surface area (Å²) in [7, 11) is 3.37. The third-order valence-corrected chi connectivity index (χ3v) is 6.96. The van der Waals surface area contributed by atoms with Crippen molar-refractivity contribution in [2.45, 2.75) is 37.2 Å². The first kappa shape index (κ1) is 23.4. The number of halogens is 2. The van der Waals surface area contributed by atoms with E-state index in [1.807, 2.05) is 36.5 Å². The summed E-state index contributed by atoms with van der Waals surface area (Å²) in [4.78, 5) is 4.60. The Hall–Kier alpha value is -2.33. The molecule has 2 aliphatic rings. The number of fused-ring (bicyclic) bond motifs is 2. The van der Waals surface area contributed by atoms with Crippen molar-refractivity contribution in [2.75, 3.05) is 20.7 Å². The summed E-state index contributed by atoms with van der Waals surface area (Å²) >= 11 is 12.3. The van der Waals surface area contributed by atoms with Crippen LogP contribution in [0.3, 0.4) is 0 Å². The van der Waals surface area contributed by atoms with Crippen LogP contribution in [0.1, 0.15) is 11.1 Å². The van der Waals surface area contributed by atoms with Crippen molar-refractivity contribution >= 4 is 40.0 Å². The molecule has 2 aliphatic heterocycles. The minimum absolute atomic E-state index is 0.356. The highest BCUT2D eigenvalue weighted by Crippen LogP contribution is 2.34. The van der Waals surface area contributed by atoms with Crippen molar-refractivity contribution in [3.8, 4) is 5.75 Å². The van der Waals surface area contributed by atoms with E-state index in [4.69, 9.17) is 37.4 Å². The minimum atomic E-state index is -1.10. The smallest absolute Gasteiger partial charge is 0.227 e. The minimum Gasteiger partial charge on any atom is -0.497 e. The highest BCUT2D eigenvalue weighted by Gasteiger charge is 2.49. The number of rotatable bonds is 6. The molecular weight excluding hydrogens is 481 g/mol. The fourth-order valence-corrected chi connectivity index (χ4v) is 4.79. The van der Waals surface area contributed by atoms with E-state index < -0.39 is 30.6 Å². The number of aliphatic imine (C=N–C) groups is 1. The lowest BCUT2D eigenvalue weighted by molar-refractivity contribution is -0.224. The van der Waals surface area contributed by atoms with Crippen molar-refractivity contribution in [3.63, 3.8) is 0 Å². The molecule has 1 aromatic heterocycles. The largest absolute Gasteiger partial charge is 0.497 e. The number of hydrogen-bond donors (Lipinski definition) is 3. The molecule has 1 saturated heterocycles. The van der Waals surface area contributed by atoms with E-state index in [0.29, 0.717) is 34.8 Å². The number of ether oxygens (including phenoxy) is 3. The van der Waals surface area contributed by atoms with Crippen molar-refractivity contribution in [3.05, 3.63) is 63.8 Å². The average Bonchev–Trinajstić information content (AvgIpc) is 3.41. The molecule has 1 fully saturated rings. The highest BCUT2D eigenvalue weighted by molar-refractivity contribution is 6.42. The van der Waals surface area contributed by atoms with Gasteiger partial charge in [-0.1, -0.05) is 29.3 Å². The maximum absolute atomic E-state index is 10.6. The van der Waals surface area contributed by atoms with Gasteiger partial charge in [-0.15, -0.1) is 0 Å². The predicted octanol–water partition coefficient (Wildman–Crippen LogP) is 2.82. The summed E-state index contributed by atoms with van der Waals surface area (Å²) in [6.07, 6.45) is -1.61. The van der Waals surface area contributed by atoms with E-state index in [2.05, 4.69) is 14.9 Å². The number of nitrogens with zero attached hydrogens (tertiary/aromatic N) is 2. The Bertz CT molecular complexity index is 1250. The fourth-order valence-electron chi connectivity index (χ4n) is 4.46. The molecule has 0 amide bonds. The van der Waals surface area contributed by atoms with Gasteiger partial charge in [0.1, 0.15) is 30.1 Å². The predicted molar refractivity (Wildman–Crippen MR) is 130 cm³/mol. The van der Waals surface area contributed by atoms with E-state index in [0.717, 1.165) is 22.0 Å². The first-order chi connectivity index (χ1) is 16.4. The Morgan fingerprint density at radius 2 is 1.94 bits per heavy atom. The number of methoxy groups -OCH3 is 1. The molecule has 0 radical (unpaired) electrons. The third-order valence-electron chi connectivity index (χ3n) is 6.22. The van der Waals surface area contributed by atoms with Gasteiger partial charge in [-0.3, -0.25) is 0 Å². The monoisotopic (exact) mass is 505 g/mol. The lowest BCUT2D eigenvalue weighted by Gasteiger charge is -2.37. The zero-order valence-corrected chi connectivity index (χ0v) is 20.1. The molecule has 10 heteroatoms.